The lowest BCUT2D eigenvalue weighted by Crippen LogP contribution is -2.34. The van der Waals surface area contributed by atoms with Crippen LogP contribution in [0.3, 0.4) is 0 Å². The molecule has 0 bridgehead atoms. The molecule has 2 aromatic carbocycles. The predicted molar refractivity (Wildman–Crippen MR) is 109 cm³/mol. The van der Waals surface area contributed by atoms with Crippen molar-refractivity contribution in [1.82, 2.24) is 14.7 Å². The van der Waals surface area contributed by atoms with Gasteiger partial charge in [0.25, 0.3) is 5.91 Å². The molecular weight excluding hydrogens is 374 g/mol. The van der Waals surface area contributed by atoms with Crippen molar-refractivity contribution in [1.29, 1.82) is 0 Å². The number of carbonyl (C=O) groups excluding carboxylic acids is 1. The van der Waals surface area contributed by atoms with Gasteiger partial charge in [-0.1, -0.05) is 35.4 Å². The van der Waals surface area contributed by atoms with Gasteiger partial charge in [-0.25, -0.2) is 0 Å². The highest BCUT2D eigenvalue weighted by Gasteiger charge is 2.21. The topological polar surface area (TPSA) is 47.4 Å². The van der Waals surface area contributed by atoms with Crippen molar-refractivity contribution < 1.29 is 9.53 Å². The quantitative estimate of drug-likeness (QED) is 0.660. The molecular formula is C22H22ClN3O2. The molecule has 0 unspecified atom stereocenters. The minimum atomic E-state index is -0.0262. The number of aromatic nitrogens is 2. The van der Waals surface area contributed by atoms with E-state index in [1.165, 1.54) is 5.56 Å². The molecule has 5 nitrogen and oxygen atoms in total. The monoisotopic (exact) mass is 395 g/mol. The van der Waals surface area contributed by atoms with Gasteiger partial charge in [0, 0.05) is 23.7 Å². The molecule has 6 heteroatoms. The van der Waals surface area contributed by atoms with Gasteiger partial charge in [-0.15, -0.1) is 0 Å². The second-order valence-electron chi connectivity index (χ2n) is 7.02. The van der Waals surface area contributed by atoms with Crippen LogP contribution >= 0.6 is 11.6 Å². The largest absolute Gasteiger partial charge is 0.484 e. The third kappa shape index (κ3) is 4.20. The fourth-order valence-corrected chi connectivity index (χ4v) is 3.51. The Morgan fingerprint density at radius 1 is 1.14 bits per heavy atom. The Hall–Kier alpha value is -2.79. The number of halogens is 1. The highest BCUT2D eigenvalue weighted by molar-refractivity contribution is 6.30. The number of hydrogen-bond acceptors (Lipinski definition) is 3. The third-order valence-electron chi connectivity index (χ3n) is 4.86. The second-order valence-corrected chi connectivity index (χ2v) is 7.46. The molecule has 0 N–H and O–H groups in total. The highest BCUT2D eigenvalue weighted by Crippen LogP contribution is 2.23. The molecule has 28 heavy (non-hydrogen) atoms. The molecule has 1 aliphatic rings. The van der Waals surface area contributed by atoms with Gasteiger partial charge >= 0.3 is 0 Å². The number of carbonyl (C=O) groups is 1. The van der Waals surface area contributed by atoms with E-state index in [2.05, 4.69) is 31.2 Å². The first-order valence-electron chi connectivity index (χ1n) is 9.38. The van der Waals surface area contributed by atoms with E-state index >= 15 is 0 Å². The van der Waals surface area contributed by atoms with E-state index in [4.69, 9.17) is 21.4 Å². The summed E-state index contributed by atoms with van der Waals surface area (Å²) in [6.45, 7) is 4.14. The Balaban J connectivity index is 1.45. The lowest BCUT2D eigenvalue weighted by Gasteiger charge is -2.20. The Kier molecular flexibility index (Phi) is 5.35. The van der Waals surface area contributed by atoms with Gasteiger partial charge in [0.2, 0.25) is 0 Å². The molecule has 0 radical (unpaired) electrons. The number of rotatable bonds is 4. The molecule has 1 aromatic heterocycles. The number of benzene rings is 2. The molecule has 144 valence electrons. The third-order valence-corrected chi connectivity index (χ3v) is 5.11. The van der Waals surface area contributed by atoms with E-state index in [0.29, 0.717) is 23.9 Å². The van der Waals surface area contributed by atoms with E-state index < -0.39 is 0 Å². The maximum absolute atomic E-state index is 12.7. The van der Waals surface area contributed by atoms with Crippen molar-refractivity contribution in [3.8, 4) is 17.0 Å². The molecule has 4 rings (SSSR count). The second kappa shape index (κ2) is 8.07. The van der Waals surface area contributed by atoms with Crippen LogP contribution in [0.4, 0.5) is 0 Å². The van der Waals surface area contributed by atoms with Crippen LogP contribution in [0.25, 0.3) is 11.3 Å². The summed E-state index contributed by atoms with van der Waals surface area (Å²) in [6, 6.07) is 17.4. The fraction of sp³-hybridized carbons (Fsp3) is 0.273. The minimum absolute atomic E-state index is 0.0144. The molecule has 0 aliphatic carbocycles. The van der Waals surface area contributed by atoms with Gasteiger partial charge < -0.3 is 9.64 Å². The minimum Gasteiger partial charge on any atom is -0.484 e. The number of aryl methyl sites for hydroxylation is 2. The number of hydrogen-bond donors (Lipinski definition) is 0. The van der Waals surface area contributed by atoms with Crippen LogP contribution in [0.15, 0.2) is 54.6 Å². The smallest absolute Gasteiger partial charge is 0.260 e. The first kappa shape index (κ1) is 18.6. The average Bonchev–Trinajstić information content (AvgIpc) is 2.99. The zero-order valence-electron chi connectivity index (χ0n) is 15.8. The normalized spacial score (nSPS) is 13.7. The Morgan fingerprint density at radius 3 is 2.75 bits per heavy atom. The standard InChI is InChI=1S/C22H22ClN3O2/c1-16-4-2-5-17(12-16)21-13-19-14-25(10-3-11-26(19)24-21)22(27)15-28-20-8-6-18(23)7-9-20/h2,4-9,12-13H,3,10-11,14-15H2,1H3. The molecule has 1 amide bonds. The number of amides is 1. The molecule has 2 heterocycles. The lowest BCUT2D eigenvalue weighted by molar-refractivity contribution is -0.134. The van der Waals surface area contributed by atoms with Crippen molar-refractivity contribution in [3.05, 3.63) is 70.9 Å². The van der Waals surface area contributed by atoms with Gasteiger partial charge in [-0.05, 0) is 49.7 Å². The molecule has 0 spiro atoms. The predicted octanol–water partition coefficient (Wildman–Crippen LogP) is 4.32. The summed E-state index contributed by atoms with van der Waals surface area (Å²) in [4.78, 5) is 14.5. The van der Waals surface area contributed by atoms with Crippen LogP contribution in [0.1, 0.15) is 17.7 Å². The summed E-state index contributed by atoms with van der Waals surface area (Å²) in [7, 11) is 0. The molecule has 0 atom stereocenters. The number of fused-ring (bicyclic) bond motifs is 1. The van der Waals surface area contributed by atoms with Crippen molar-refractivity contribution >= 4 is 17.5 Å². The first-order valence-corrected chi connectivity index (χ1v) is 9.76. The fourth-order valence-electron chi connectivity index (χ4n) is 3.39. The summed E-state index contributed by atoms with van der Waals surface area (Å²) in [5.74, 6) is 0.612. The summed E-state index contributed by atoms with van der Waals surface area (Å²) in [5.41, 5.74) is 4.31. The van der Waals surface area contributed by atoms with Crippen LogP contribution in [0, 0.1) is 6.92 Å². The molecule has 0 saturated carbocycles. The molecule has 0 fully saturated rings. The average molecular weight is 396 g/mol. The number of nitrogens with zero attached hydrogens (tertiary/aromatic N) is 3. The van der Waals surface area contributed by atoms with Gasteiger partial charge in [-0.2, -0.15) is 5.10 Å². The van der Waals surface area contributed by atoms with E-state index in [1.54, 1.807) is 24.3 Å². The van der Waals surface area contributed by atoms with Crippen molar-refractivity contribution in [3.63, 3.8) is 0 Å². The van der Waals surface area contributed by atoms with Crippen LogP contribution in [-0.2, 0) is 17.9 Å². The van der Waals surface area contributed by atoms with Gasteiger partial charge in [0.1, 0.15) is 5.75 Å². The number of ether oxygens (including phenoxy) is 1. The summed E-state index contributed by atoms with van der Waals surface area (Å²) in [5, 5.41) is 5.40. The molecule has 0 saturated heterocycles. The zero-order chi connectivity index (χ0) is 19.5. The Morgan fingerprint density at radius 2 is 1.96 bits per heavy atom. The molecule has 3 aromatic rings. The van der Waals surface area contributed by atoms with Gasteiger partial charge in [-0.3, -0.25) is 9.48 Å². The molecule has 1 aliphatic heterocycles. The van der Waals surface area contributed by atoms with Crippen molar-refractivity contribution in [2.24, 2.45) is 0 Å². The Bertz CT molecular complexity index is 982. The maximum Gasteiger partial charge on any atom is 0.260 e. The van der Waals surface area contributed by atoms with E-state index in [9.17, 15) is 4.79 Å². The van der Waals surface area contributed by atoms with Gasteiger partial charge in [0.05, 0.1) is 17.9 Å². The summed E-state index contributed by atoms with van der Waals surface area (Å²) in [6.07, 6.45) is 0.870. The zero-order valence-corrected chi connectivity index (χ0v) is 16.5. The van der Waals surface area contributed by atoms with Crippen LogP contribution in [0.2, 0.25) is 5.02 Å². The first-order chi connectivity index (χ1) is 13.6. The van der Waals surface area contributed by atoms with E-state index in [-0.39, 0.29) is 12.5 Å². The van der Waals surface area contributed by atoms with Gasteiger partial charge in [0.15, 0.2) is 6.61 Å². The van der Waals surface area contributed by atoms with Crippen LogP contribution in [0.5, 0.6) is 5.75 Å². The van der Waals surface area contributed by atoms with Crippen molar-refractivity contribution in [2.45, 2.75) is 26.4 Å². The van der Waals surface area contributed by atoms with Crippen LogP contribution in [-0.4, -0.2) is 33.7 Å². The summed E-state index contributed by atoms with van der Waals surface area (Å²) >= 11 is 5.88. The SMILES string of the molecule is Cc1cccc(-c2cc3n(n2)CCCN(C(=O)COc2ccc(Cl)cc2)C3)c1. The maximum atomic E-state index is 12.7. The summed E-state index contributed by atoms with van der Waals surface area (Å²) < 4.78 is 7.64. The van der Waals surface area contributed by atoms with Crippen molar-refractivity contribution in [2.75, 3.05) is 13.2 Å². The Labute approximate surface area is 169 Å². The van der Waals surface area contributed by atoms with E-state index in [0.717, 1.165) is 29.9 Å². The highest BCUT2D eigenvalue weighted by atomic mass is 35.5. The van der Waals surface area contributed by atoms with Crippen LogP contribution < -0.4 is 4.74 Å². The van der Waals surface area contributed by atoms with E-state index in [1.807, 2.05) is 15.6 Å². The lowest BCUT2D eigenvalue weighted by atomic mass is 10.1.